The number of amides is 1. The highest BCUT2D eigenvalue weighted by Crippen LogP contribution is 2.07. The predicted molar refractivity (Wildman–Crippen MR) is 64.5 cm³/mol. The topological polar surface area (TPSA) is 89.5 Å². The van der Waals surface area contributed by atoms with Crippen LogP contribution < -0.4 is 4.72 Å². The summed E-state index contributed by atoms with van der Waals surface area (Å²) in [6, 6.07) is 6.11. The molecule has 6 nitrogen and oxygen atoms in total. The third kappa shape index (κ3) is 4.54. The fraction of sp³-hybridized carbons (Fsp3) is 0.273. The summed E-state index contributed by atoms with van der Waals surface area (Å²) in [6.45, 7) is 0. The van der Waals surface area contributed by atoms with Gasteiger partial charge in [0.2, 0.25) is 10.0 Å². The lowest BCUT2D eigenvalue weighted by Gasteiger charge is -2.05. The van der Waals surface area contributed by atoms with Crippen LogP contribution in [0, 0.1) is 0 Å². The van der Waals surface area contributed by atoms with Crippen molar-refractivity contribution < 1.29 is 22.7 Å². The van der Waals surface area contributed by atoms with Crippen LogP contribution in [0.5, 0.6) is 0 Å². The first-order chi connectivity index (χ1) is 8.31. The highest BCUT2D eigenvalue weighted by molar-refractivity contribution is 7.89. The molecule has 18 heavy (non-hydrogen) atoms. The number of nitrogens with one attached hydrogen (secondary N) is 1. The Kier molecular flexibility index (Phi) is 4.43. The molecule has 0 saturated carbocycles. The number of sulfonamides is 1. The maximum atomic E-state index is 11.6. The van der Waals surface area contributed by atoms with E-state index in [9.17, 15) is 18.0 Å². The van der Waals surface area contributed by atoms with E-state index in [1.807, 2.05) is 4.72 Å². The third-order valence-electron chi connectivity index (χ3n) is 2.04. The van der Waals surface area contributed by atoms with Crippen LogP contribution in [0.2, 0.25) is 0 Å². The average molecular weight is 271 g/mol. The van der Waals surface area contributed by atoms with Gasteiger partial charge in [0.1, 0.15) is 0 Å². The van der Waals surface area contributed by atoms with E-state index in [2.05, 4.69) is 4.74 Å². The fourth-order valence-electron chi connectivity index (χ4n) is 1.29. The number of carbonyl (C=O) groups is 2. The fourth-order valence-corrected chi connectivity index (χ4v) is 1.74. The van der Waals surface area contributed by atoms with Crippen molar-refractivity contribution in [2.75, 3.05) is 13.4 Å². The van der Waals surface area contributed by atoms with Crippen LogP contribution in [0.1, 0.15) is 15.9 Å². The molecule has 0 unspecified atom stereocenters. The van der Waals surface area contributed by atoms with Gasteiger partial charge < -0.3 is 4.74 Å². The minimum atomic E-state index is -3.60. The minimum Gasteiger partial charge on any atom is -0.469 e. The molecule has 0 aliphatic heterocycles. The van der Waals surface area contributed by atoms with Crippen LogP contribution in [0.15, 0.2) is 24.3 Å². The monoisotopic (exact) mass is 271 g/mol. The summed E-state index contributed by atoms with van der Waals surface area (Å²) < 4.78 is 28.2. The Morgan fingerprint density at radius 1 is 1.33 bits per heavy atom. The van der Waals surface area contributed by atoms with Gasteiger partial charge in [0.25, 0.3) is 5.91 Å². The van der Waals surface area contributed by atoms with Gasteiger partial charge in [-0.25, -0.2) is 13.1 Å². The van der Waals surface area contributed by atoms with Crippen LogP contribution in [-0.4, -0.2) is 33.7 Å². The number of methoxy groups -OCH3 is 1. The number of ether oxygens (including phenoxy) is 1. The van der Waals surface area contributed by atoms with E-state index in [-0.39, 0.29) is 12.0 Å². The summed E-state index contributed by atoms with van der Waals surface area (Å²) in [7, 11) is -2.34. The van der Waals surface area contributed by atoms with Crippen molar-refractivity contribution >= 4 is 21.9 Å². The van der Waals surface area contributed by atoms with Crippen molar-refractivity contribution in [1.82, 2.24) is 4.72 Å². The Morgan fingerprint density at radius 2 is 2.00 bits per heavy atom. The molecule has 0 aliphatic carbocycles. The largest absolute Gasteiger partial charge is 0.469 e. The van der Waals surface area contributed by atoms with Crippen LogP contribution in [0.25, 0.3) is 0 Å². The van der Waals surface area contributed by atoms with Gasteiger partial charge in [0, 0.05) is 5.56 Å². The quantitative estimate of drug-likeness (QED) is 0.784. The Hall–Kier alpha value is -1.89. The van der Waals surface area contributed by atoms with Crippen LogP contribution in [0.4, 0.5) is 0 Å². The SMILES string of the molecule is COC(=O)Cc1cccc(C(=O)NS(C)(=O)=O)c1. The summed E-state index contributed by atoms with van der Waals surface area (Å²) >= 11 is 0. The predicted octanol–water partition coefficient (Wildman–Crippen LogP) is 0.0915. The Morgan fingerprint density at radius 3 is 2.56 bits per heavy atom. The Bertz CT molecular complexity index is 565. The molecular weight excluding hydrogens is 258 g/mol. The second-order valence-electron chi connectivity index (χ2n) is 3.66. The molecule has 0 atom stereocenters. The molecule has 0 radical (unpaired) electrons. The molecular formula is C11H13NO5S. The number of benzene rings is 1. The van der Waals surface area contributed by atoms with Crippen molar-refractivity contribution in [1.29, 1.82) is 0 Å². The maximum absolute atomic E-state index is 11.6. The molecule has 7 heteroatoms. The van der Waals surface area contributed by atoms with Crippen LogP contribution in [-0.2, 0) is 26.0 Å². The Balaban J connectivity index is 2.88. The molecule has 1 aromatic carbocycles. The van der Waals surface area contributed by atoms with Gasteiger partial charge in [-0.05, 0) is 17.7 Å². The molecule has 1 aromatic rings. The summed E-state index contributed by atoms with van der Waals surface area (Å²) in [5.41, 5.74) is 0.741. The minimum absolute atomic E-state index is 0.0243. The molecule has 0 aromatic heterocycles. The zero-order valence-corrected chi connectivity index (χ0v) is 10.8. The molecule has 0 fully saturated rings. The second-order valence-corrected chi connectivity index (χ2v) is 5.41. The summed E-state index contributed by atoms with van der Waals surface area (Å²) in [5.74, 6) is -1.17. The highest BCUT2D eigenvalue weighted by atomic mass is 32.2. The van der Waals surface area contributed by atoms with Crippen molar-refractivity contribution in [2.45, 2.75) is 6.42 Å². The zero-order valence-electron chi connectivity index (χ0n) is 9.97. The van der Waals surface area contributed by atoms with E-state index in [0.29, 0.717) is 5.56 Å². The van der Waals surface area contributed by atoms with E-state index >= 15 is 0 Å². The molecule has 0 bridgehead atoms. The normalized spacial score (nSPS) is 10.8. The molecule has 98 valence electrons. The van der Waals surface area contributed by atoms with Gasteiger partial charge in [0.05, 0.1) is 19.8 Å². The lowest BCUT2D eigenvalue weighted by Crippen LogP contribution is -2.29. The molecule has 1 amide bonds. The van der Waals surface area contributed by atoms with Gasteiger partial charge in [-0.15, -0.1) is 0 Å². The number of rotatable bonds is 4. The van der Waals surface area contributed by atoms with Crippen LogP contribution in [0.3, 0.4) is 0 Å². The van der Waals surface area contributed by atoms with Gasteiger partial charge in [0.15, 0.2) is 0 Å². The van der Waals surface area contributed by atoms with E-state index in [4.69, 9.17) is 0 Å². The first-order valence-corrected chi connectivity index (χ1v) is 6.89. The molecule has 1 N–H and O–H groups in total. The smallest absolute Gasteiger partial charge is 0.309 e. The van der Waals surface area contributed by atoms with Crippen molar-refractivity contribution in [2.24, 2.45) is 0 Å². The lowest BCUT2D eigenvalue weighted by molar-refractivity contribution is -0.139. The first-order valence-electron chi connectivity index (χ1n) is 4.99. The zero-order chi connectivity index (χ0) is 13.8. The van der Waals surface area contributed by atoms with E-state index in [1.165, 1.54) is 19.2 Å². The van der Waals surface area contributed by atoms with E-state index in [0.717, 1.165) is 6.26 Å². The molecule has 0 heterocycles. The summed E-state index contributed by atoms with van der Waals surface area (Å²) in [5, 5.41) is 0. The average Bonchev–Trinajstić information content (AvgIpc) is 2.27. The van der Waals surface area contributed by atoms with Gasteiger partial charge in [-0.1, -0.05) is 12.1 Å². The maximum Gasteiger partial charge on any atom is 0.309 e. The van der Waals surface area contributed by atoms with Gasteiger partial charge in [-0.3, -0.25) is 9.59 Å². The first kappa shape index (κ1) is 14.2. The lowest BCUT2D eigenvalue weighted by atomic mass is 10.1. The van der Waals surface area contributed by atoms with E-state index in [1.54, 1.807) is 12.1 Å². The number of esters is 1. The number of carbonyl (C=O) groups excluding carboxylic acids is 2. The van der Waals surface area contributed by atoms with Crippen molar-refractivity contribution in [3.63, 3.8) is 0 Å². The van der Waals surface area contributed by atoms with Crippen molar-refractivity contribution in [3.05, 3.63) is 35.4 Å². The van der Waals surface area contributed by atoms with Crippen molar-refractivity contribution in [3.8, 4) is 0 Å². The summed E-state index contributed by atoms with van der Waals surface area (Å²) in [4.78, 5) is 22.6. The molecule has 0 spiro atoms. The van der Waals surface area contributed by atoms with Gasteiger partial charge in [-0.2, -0.15) is 0 Å². The molecule has 0 saturated heterocycles. The highest BCUT2D eigenvalue weighted by Gasteiger charge is 2.12. The molecule has 1 rings (SSSR count). The third-order valence-corrected chi connectivity index (χ3v) is 2.60. The van der Waals surface area contributed by atoms with E-state index < -0.39 is 21.9 Å². The number of hydrogen-bond acceptors (Lipinski definition) is 5. The van der Waals surface area contributed by atoms with Crippen LogP contribution >= 0.6 is 0 Å². The summed E-state index contributed by atoms with van der Waals surface area (Å²) in [6.07, 6.45) is 0.916. The number of hydrogen-bond donors (Lipinski definition) is 1. The second kappa shape index (κ2) is 5.63. The molecule has 0 aliphatic rings. The standard InChI is InChI=1S/C11H13NO5S/c1-17-10(13)7-8-4-3-5-9(6-8)11(14)12-18(2,15)16/h3-6H,7H2,1-2H3,(H,12,14). The van der Waals surface area contributed by atoms with Gasteiger partial charge >= 0.3 is 5.97 Å². The Labute approximate surface area is 105 Å².